The standard InChI is InChI=1S/C27H32O16/c28-6-11-16(32)20(36)22(38)25(41-11)14-18(34)13-10(31)5-27(40,8-1-3-9(30)4-2-8)43-24(13)15(19(14)35)26-23(39)21(37)17(33)12(7-29)42-26/h1-4,11-12,16-17,20-23,25-26,28-30,32-40H,5-7H2/p-1/t11-,12-,16-,17-,20+,21+,22-,23-,25+,26+,27?/m1/s1. The number of hydrogen-bond donors (Lipinski definition) is 11. The van der Waals surface area contributed by atoms with Crippen LogP contribution in [0.15, 0.2) is 24.3 Å². The number of hydrogen-bond acceptors (Lipinski definition) is 16. The van der Waals surface area contributed by atoms with Crippen LogP contribution in [0.1, 0.15) is 45.7 Å². The molecule has 0 radical (unpaired) electrons. The van der Waals surface area contributed by atoms with E-state index in [-0.39, 0.29) is 11.3 Å². The number of carbonyl (C=O) groups is 1. The van der Waals surface area contributed by atoms with Gasteiger partial charge in [-0.3, -0.25) is 4.79 Å². The summed E-state index contributed by atoms with van der Waals surface area (Å²) in [6.45, 7) is -1.81. The average Bonchev–Trinajstić information content (AvgIpc) is 2.96. The summed E-state index contributed by atoms with van der Waals surface area (Å²) in [6, 6.07) is 4.77. The van der Waals surface area contributed by atoms with Crippen LogP contribution in [-0.2, 0) is 15.3 Å². The van der Waals surface area contributed by atoms with Crippen LogP contribution in [0.5, 0.6) is 23.0 Å². The molecule has 11 atom stereocenters. The van der Waals surface area contributed by atoms with Gasteiger partial charge in [0.1, 0.15) is 83.9 Å². The molecule has 5 rings (SSSR count). The molecule has 0 saturated carbocycles. The number of phenolic OH excluding ortho intramolecular Hbond substituents is 2. The van der Waals surface area contributed by atoms with Crippen LogP contribution < -0.4 is 9.84 Å². The Bertz CT molecular complexity index is 1360. The van der Waals surface area contributed by atoms with Crippen LogP contribution in [-0.4, -0.2) is 124 Å². The van der Waals surface area contributed by atoms with Gasteiger partial charge in [0.05, 0.1) is 19.6 Å². The highest BCUT2D eigenvalue weighted by atomic mass is 16.6. The first-order chi connectivity index (χ1) is 20.2. The molecule has 0 spiro atoms. The first-order valence-electron chi connectivity index (χ1n) is 13.2. The van der Waals surface area contributed by atoms with Gasteiger partial charge in [0.15, 0.2) is 5.78 Å². The topological polar surface area (TPSA) is 290 Å². The lowest BCUT2D eigenvalue weighted by Crippen LogP contribution is -2.56. The molecular weight excluding hydrogens is 580 g/mol. The van der Waals surface area contributed by atoms with Crippen LogP contribution in [0, 0.1) is 0 Å². The molecule has 16 heteroatoms. The summed E-state index contributed by atoms with van der Waals surface area (Å²) in [5.74, 6) is -7.01. The van der Waals surface area contributed by atoms with Crippen molar-refractivity contribution < 1.29 is 80.3 Å². The van der Waals surface area contributed by atoms with E-state index in [1.54, 1.807) is 0 Å². The van der Waals surface area contributed by atoms with E-state index >= 15 is 0 Å². The lowest BCUT2D eigenvalue weighted by atomic mass is 9.82. The summed E-state index contributed by atoms with van der Waals surface area (Å²) >= 11 is 0. The summed E-state index contributed by atoms with van der Waals surface area (Å²) in [4.78, 5) is 13.6. The number of ether oxygens (including phenoxy) is 3. The first kappa shape index (κ1) is 31.3. The van der Waals surface area contributed by atoms with Crippen LogP contribution in [0.25, 0.3) is 0 Å². The molecule has 2 saturated heterocycles. The number of ketones is 1. The molecule has 2 fully saturated rings. The molecule has 3 aliphatic heterocycles. The minimum atomic E-state index is -2.51. The summed E-state index contributed by atoms with van der Waals surface area (Å²) in [6.07, 6.45) is -19.9. The van der Waals surface area contributed by atoms with E-state index in [9.17, 15) is 66.1 Å². The van der Waals surface area contributed by atoms with Crippen molar-refractivity contribution in [3.63, 3.8) is 0 Å². The maximum Gasteiger partial charge on any atom is 0.242 e. The molecule has 2 aromatic rings. The maximum atomic E-state index is 14.2. The van der Waals surface area contributed by atoms with Gasteiger partial charge in [0, 0.05) is 16.7 Å². The van der Waals surface area contributed by atoms with E-state index in [4.69, 9.17) is 14.2 Å². The second-order valence-electron chi connectivity index (χ2n) is 10.7. The summed E-state index contributed by atoms with van der Waals surface area (Å²) in [5, 5.41) is 129. The Morgan fingerprint density at radius 2 is 1.26 bits per heavy atom. The molecule has 3 aliphatic rings. The van der Waals surface area contributed by atoms with Crippen LogP contribution >= 0.6 is 0 Å². The fraction of sp³-hybridized carbons (Fsp3) is 0.519. The fourth-order valence-corrected chi connectivity index (χ4v) is 5.69. The van der Waals surface area contributed by atoms with Gasteiger partial charge in [-0.25, -0.2) is 0 Å². The monoisotopic (exact) mass is 611 g/mol. The number of phenols is 2. The number of benzene rings is 2. The third-order valence-corrected chi connectivity index (χ3v) is 8.07. The van der Waals surface area contributed by atoms with Crippen LogP contribution in [0.2, 0.25) is 0 Å². The number of Topliss-reactive ketones (excluding diaryl/α,β-unsaturated/α-hetero) is 1. The molecule has 1 unspecified atom stereocenters. The number of aliphatic hydroxyl groups excluding tert-OH is 8. The van der Waals surface area contributed by atoms with Crippen molar-refractivity contribution in [3.05, 3.63) is 46.5 Å². The summed E-state index contributed by atoms with van der Waals surface area (Å²) in [5.41, 5.74) is -2.51. The summed E-state index contributed by atoms with van der Waals surface area (Å²) in [7, 11) is 0. The van der Waals surface area contributed by atoms with E-state index in [1.807, 2.05) is 0 Å². The smallest absolute Gasteiger partial charge is 0.242 e. The van der Waals surface area contributed by atoms with Crippen molar-refractivity contribution in [2.75, 3.05) is 13.2 Å². The largest absolute Gasteiger partial charge is 0.872 e. The van der Waals surface area contributed by atoms with Crippen molar-refractivity contribution in [1.82, 2.24) is 0 Å². The maximum absolute atomic E-state index is 14.2. The molecule has 3 heterocycles. The highest BCUT2D eigenvalue weighted by Gasteiger charge is 2.52. The van der Waals surface area contributed by atoms with Gasteiger partial charge < -0.3 is 75.5 Å². The quantitative estimate of drug-likeness (QED) is 0.154. The van der Waals surface area contributed by atoms with E-state index in [1.165, 1.54) is 24.3 Å². The third-order valence-electron chi connectivity index (χ3n) is 8.07. The molecule has 0 aromatic heterocycles. The minimum Gasteiger partial charge on any atom is -0.872 e. The fourth-order valence-electron chi connectivity index (χ4n) is 5.69. The zero-order valence-corrected chi connectivity index (χ0v) is 22.2. The molecular formula is C27H31O16-. The SMILES string of the molecule is O=C1CC(O)(c2ccc(O)cc2)Oc2c1c(O)c([C@@H]1O[C@H](CO)[C@@H](O)[C@H](O)[C@H]1O)c([O-])c2[C@@H]1O[C@H](CO)[C@@H](O)[C@H](O)[C@H]1O. The van der Waals surface area contributed by atoms with Gasteiger partial charge in [-0.05, 0) is 24.3 Å². The van der Waals surface area contributed by atoms with Crippen LogP contribution in [0.3, 0.4) is 0 Å². The van der Waals surface area contributed by atoms with Crippen molar-refractivity contribution in [2.24, 2.45) is 0 Å². The van der Waals surface area contributed by atoms with Gasteiger partial charge in [-0.2, -0.15) is 0 Å². The van der Waals surface area contributed by atoms with E-state index in [0.29, 0.717) is 0 Å². The predicted octanol–water partition coefficient (Wildman–Crippen LogP) is -3.99. The van der Waals surface area contributed by atoms with Gasteiger partial charge in [0.25, 0.3) is 0 Å². The Labute approximate surface area is 242 Å². The van der Waals surface area contributed by atoms with Crippen molar-refractivity contribution in [3.8, 4) is 23.0 Å². The predicted molar refractivity (Wildman–Crippen MR) is 135 cm³/mol. The number of aromatic hydroxyl groups is 2. The Balaban J connectivity index is 1.75. The van der Waals surface area contributed by atoms with Crippen LogP contribution in [0.4, 0.5) is 0 Å². The van der Waals surface area contributed by atoms with Gasteiger partial charge in [-0.1, -0.05) is 5.75 Å². The lowest BCUT2D eigenvalue weighted by molar-refractivity contribution is -0.284. The molecule has 0 bridgehead atoms. The Kier molecular flexibility index (Phi) is 8.31. The van der Waals surface area contributed by atoms with Gasteiger partial charge >= 0.3 is 0 Å². The Morgan fingerprint density at radius 1 is 0.767 bits per heavy atom. The van der Waals surface area contributed by atoms with Crippen molar-refractivity contribution >= 4 is 5.78 Å². The third kappa shape index (κ3) is 4.99. The van der Waals surface area contributed by atoms with E-state index in [0.717, 1.165) is 0 Å². The normalized spacial score (nSPS) is 37.9. The Morgan fingerprint density at radius 3 is 1.74 bits per heavy atom. The highest BCUT2D eigenvalue weighted by molar-refractivity contribution is 6.04. The molecule has 43 heavy (non-hydrogen) atoms. The first-order valence-corrected chi connectivity index (χ1v) is 13.2. The Hall–Kier alpha value is -3.13. The zero-order valence-electron chi connectivity index (χ0n) is 22.2. The number of carbonyl (C=O) groups excluding carboxylic acids is 1. The van der Waals surface area contributed by atoms with E-state index < -0.39 is 126 Å². The number of rotatable bonds is 5. The highest BCUT2D eigenvalue weighted by Crippen LogP contribution is 2.55. The zero-order chi connectivity index (χ0) is 31.5. The average molecular weight is 612 g/mol. The minimum absolute atomic E-state index is 0.0750. The van der Waals surface area contributed by atoms with Gasteiger partial charge in [-0.15, -0.1) is 0 Å². The van der Waals surface area contributed by atoms with Gasteiger partial charge in [0.2, 0.25) is 5.79 Å². The second kappa shape index (κ2) is 11.4. The van der Waals surface area contributed by atoms with Crippen molar-refractivity contribution in [2.45, 2.75) is 73.2 Å². The van der Waals surface area contributed by atoms with E-state index in [2.05, 4.69) is 0 Å². The number of fused-ring (bicyclic) bond motifs is 1. The lowest BCUT2D eigenvalue weighted by Gasteiger charge is -2.46. The van der Waals surface area contributed by atoms with Crippen molar-refractivity contribution in [1.29, 1.82) is 0 Å². The molecule has 236 valence electrons. The number of aliphatic hydroxyl groups is 9. The molecule has 0 amide bonds. The molecule has 2 aromatic carbocycles. The molecule has 11 N–H and O–H groups in total. The summed E-state index contributed by atoms with van der Waals surface area (Å²) < 4.78 is 16.7. The molecule has 0 aliphatic carbocycles. The molecule has 16 nitrogen and oxygen atoms in total. The second-order valence-corrected chi connectivity index (χ2v) is 10.7.